The van der Waals surface area contributed by atoms with Gasteiger partial charge in [0.15, 0.2) is 0 Å². The molecule has 2 aromatic heterocycles. The number of anilines is 2. The lowest BCUT2D eigenvalue weighted by Crippen LogP contribution is -2.51. The molecule has 0 spiro atoms. The SMILES string of the molecule is N#CC1CC(CN)(n2cc(-c3ccnc(Nc4ccc(OCCN5CCCC5)cc4)n3)cn2)C1. The highest BCUT2D eigenvalue weighted by molar-refractivity contribution is 5.61. The van der Waals surface area contributed by atoms with Crippen LogP contribution in [-0.4, -0.2) is 57.4 Å². The Morgan fingerprint density at radius 1 is 1.18 bits per heavy atom. The van der Waals surface area contributed by atoms with Crippen molar-refractivity contribution in [1.82, 2.24) is 24.6 Å². The number of hydrogen-bond acceptors (Lipinski definition) is 8. The first kappa shape index (κ1) is 22.3. The Hall–Kier alpha value is -3.48. The zero-order chi connectivity index (χ0) is 23.4. The molecule has 9 heteroatoms. The van der Waals surface area contributed by atoms with Gasteiger partial charge < -0.3 is 15.8 Å². The van der Waals surface area contributed by atoms with Crippen molar-refractivity contribution in [1.29, 1.82) is 5.26 Å². The Bertz CT molecular complexity index is 1140. The minimum atomic E-state index is -0.273. The van der Waals surface area contributed by atoms with Gasteiger partial charge in [-0.2, -0.15) is 10.4 Å². The number of hydrogen-bond donors (Lipinski definition) is 2. The summed E-state index contributed by atoms with van der Waals surface area (Å²) >= 11 is 0. The summed E-state index contributed by atoms with van der Waals surface area (Å²) in [5.74, 6) is 1.41. The van der Waals surface area contributed by atoms with Gasteiger partial charge in [-0.15, -0.1) is 0 Å². The van der Waals surface area contributed by atoms with Crippen molar-refractivity contribution in [2.45, 2.75) is 31.2 Å². The second-order valence-corrected chi connectivity index (χ2v) is 9.15. The van der Waals surface area contributed by atoms with Crippen LogP contribution in [0.25, 0.3) is 11.3 Å². The summed E-state index contributed by atoms with van der Waals surface area (Å²) in [6.45, 7) is 4.50. The minimum absolute atomic E-state index is 0.0490. The number of ether oxygens (including phenoxy) is 1. The number of aromatic nitrogens is 4. The van der Waals surface area contributed by atoms with Crippen LogP contribution in [0, 0.1) is 17.2 Å². The molecular formula is C25H30N8O. The van der Waals surface area contributed by atoms with Crippen LogP contribution in [0.4, 0.5) is 11.6 Å². The molecule has 176 valence electrons. The van der Waals surface area contributed by atoms with E-state index in [2.05, 4.69) is 31.4 Å². The van der Waals surface area contributed by atoms with Crippen LogP contribution < -0.4 is 15.8 Å². The molecule has 3 heterocycles. The van der Waals surface area contributed by atoms with Crippen LogP contribution >= 0.6 is 0 Å². The minimum Gasteiger partial charge on any atom is -0.492 e. The zero-order valence-electron chi connectivity index (χ0n) is 19.2. The summed E-state index contributed by atoms with van der Waals surface area (Å²) in [4.78, 5) is 11.4. The lowest BCUT2D eigenvalue weighted by molar-refractivity contribution is 0.0926. The van der Waals surface area contributed by atoms with Gasteiger partial charge in [-0.05, 0) is 69.1 Å². The maximum atomic E-state index is 9.14. The van der Waals surface area contributed by atoms with Crippen LogP contribution in [0.5, 0.6) is 5.75 Å². The van der Waals surface area contributed by atoms with Crippen LogP contribution in [0.1, 0.15) is 25.7 Å². The van der Waals surface area contributed by atoms with E-state index < -0.39 is 0 Å². The average molecular weight is 459 g/mol. The second kappa shape index (κ2) is 9.79. The number of nitrogens with one attached hydrogen (secondary N) is 1. The number of nitrogens with two attached hydrogens (primary N) is 1. The first-order valence-electron chi connectivity index (χ1n) is 11.9. The first-order valence-corrected chi connectivity index (χ1v) is 11.9. The van der Waals surface area contributed by atoms with Gasteiger partial charge in [-0.3, -0.25) is 9.58 Å². The molecule has 0 amide bonds. The van der Waals surface area contributed by atoms with Crippen LogP contribution in [0.3, 0.4) is 0 Å². The van der Waals surface area contributed by atoms with Crippen molar-refractivity contribution in [3.63, 3.8) is 0 Å². The van der Waals surface area contributed by atoms with E-state index in [0.29, 0.717) is 19.1 Å². The van der Waals surface area contributed by atoms with E-state index in [-0.39, 0.29) is 11.5 Å². The molecule has 34 heavy (non-hydrogen) atoms. The van der Waals surface area contributed by atoms with Gasteiger partial charge in [-0.1, -0.05) is 0 Å². The molecule has 1 aromatic carbocycles. The first-order chi connectivity index (χ1) is 16.7. The molecule has 5 rings (SSSR count). The van der Waals surface area contributed by atoms with Gasteiger partial charge in [0.25, 0.3) is 0 Å². The zero-order valence-corrected chi connectivity index (χ0v) is 19.2. The maximum absolute atomic E-state index is 9.14. The fourth-order valence-corrected chi connectivity index (χ4v) is 4.75. The van der Waals surface area contributed by atoms with E-state index >= 15 is 0 Å². The highest BCUT2D eigenvalue weighted by Crippen LogP contribution is 2.43. The topological polar surface area (TPSA) is 118 Å². The summed E-state index contributed by atoms with van der Waals surface area (Å²) in [6.07, 6.45) is 9.53. The van der Waals surface area contributed by atoms with Gasteiger partial charge in [0.05, 0.1) is 29.4 Å². The molecule has 9 nitrogen and oxygen atoms in total. The second-order valence-electron chi connectivity index (χ2n) is 9.15. The number of benzene rings is 1. The van der Waals surface area contributed by atoms with E-state index in [1.807, 2.05) is 41.2 Å². The predicted molar refractivity (Wildman–Crippen MR) is 130 cm³/mol. The molecule has 2 aliphatic rings. The van der Waals surface area contributed by atoms with Crippen molar-refractivity contribution in [3.8, 4) is 23.1 Å². The third kappa shape index (κ3) is 4.74. The van der Waals surface area contributed by atoms with E-state index in [1.54, 1.807) is 12.4 Å². The summed E-state index contributed by atoms with van der Waals surface area (Å²) in [5.41, 5.74) is 8.30. The Labute approximate surface area is 199 Å². The summed E-state index contributed by atoms with van der Waals surface area (Å²) in [6, 6.07) is 12.0. The molecule has 0 atom stereocenters. The van der Waals surface area contributed by atoms with Gasteiger partial charge in [0, 0.05) is 36.7 Å². The van der Waals surface area contributed by atoms with Crippen molar-refractivity contribution in [3.05, 3.63) is 48.9 Å². The Morgan fingerprint density at radius 3 is 2.71 bits per heavy atom. The number of nitrogens with zero attached hydrogens (tertiary/aromatic N) is 6. The quantitative estimate of drug-likeness (QED) is 0.502. The highest BCUT2D eigenvalue weighted by atomic mass is 16.5. The van der Waals surface area contributed by atoms with E-state index in [0.717, 1.165) is 42.1 Å². The Kier molecular flexibility index (Phi) is 6.43. The highest BCUT2D eigenvalue weighted by Gasteiger charge is 2.45. The lowest BCUT2D eigenvalue weighted by atomic mass is 9.69. The predicted octanol–water partition coefficient (Wildman–Crippen LogP) is 3.15. The Balaban J connectivity index is 1.20. The van der Waals surface area contributed by atoms with Gasteiger partial charge >= 0.3 is 0 Å². The molecule has 0 unspecified atom stereocenters. The standard InChI is InChI=1S/C25H30N8O/c26-15-19-13-25(14-19,18-27)33-17-20(16-29-33)23-7-8-28-24(31-23)30-21-3-5-22(6-4-21)34-12-11-32-9-1-2-10-32/h3-8,16-17,19H,1-2,9-14,18,27H2,(H,28,30,31). The van der Waals surface area contributed by atoms with Crippen LogP contribution in [0.2, 0.25) is 0 Å². The fourth-order valence-electron chi connectivity index (χ4n) is 4.75. The lowest BCUT2D eigenvalue weighted by Gasteiger charge is -2.44. The molecule has 1 aliphatic heterocycles. The van der Waals surface area contributed by atoms with E-state index in [1.165, 1.54) is 25.9 Å². The number of rotatable bonds is 9. The van der Waals surface area contributed by atoms with Crippen LogP contribution in [0.15, 0.2) is 48.9 Å². The number of likely N-dealkylation sites (tertiary alicyclic amines) is 1. The molecule has 3 N–H and O–H groups in total. The average Bonchev–Trinajstić information content (AvgIpc) is 3.53. The summed E-state index contributed by atoms with van der Waals surface area (Å²) < 4.78 is 7.78. The maximum Gasteiger partial charge on any atom is 0.227 e. The van der Waals surface area contributed by atoms with Crippen LogP contribution in [-0.2, 0) is 5.54 Å². The smallest absolute Gasteiger partial charge is 0.227 e. The van der Waals surface area contributed by atoms with E-state index in [9.17, 15) is 0 Å². The van der Waals surface area contributed by atoms with Gasteiger partial charge in [-0.25, -0.2) is 9.97 Å². The van der Waals surface area contributed by atoms with Crippen molar-refractivity contribution in [2.24, 2.45) is 11.7 Å². The van der Waals surface area contributed by atoms with E-state index in [4.69, 9.17) is 15.7 Å². The van der Waals surface area contributed by atoms with Gasteiger partial charge in [0.2, 0.25) is 5.95 Å². The molecule has 0 radical (unpaired) electrons. The molecule has 1 saturated heterocycles. The monoisotopic (exact) mass is 458 g/mol. The summed E-state index contributed by atoms with van der Waals surface area (Å²) in [5, 5.41) is 16.9. The van der Waals surface area contributed by atoms with Crippen molar-refractivity contribution in [2.75, 3.05) is 38.1 Å². The third-order valence-corrected chi connectivity index (χ3v) is 6.82. The number of nitriles is 1. The molecule has 2 fully saturated rings. The fraction of sp³-hybridized carbons (Fsp3) is 0.440. The normalized spacial score (nSPS) is 22.2. The molecule has 1 saturated carbocycles. The molecule has 1 aliphatic carbocycles. The largest absolute Gasteiger partial charge is 0.492 e. The van der Waals surface area contributed by atoms with Crippen molar-refractivity contribution < 1.29 is 4.74 Å². The summed E-state index contributed by atoms with van der Waals surface area (Å²) in [7, 11) is 0. The molecule has 3 aromatic rings. The molecule has 0 bridgehead atoms. The molecular weight excluding hydrogens is 428 g/mol. The van der Waals surface area contributed by atoms with Crippen molar-refractivity contribution >= 4 is 11.6 Å². The Morgan fingerprint density at radius 2 is 1.97 bits per heavy atom. The third-order valence-electron chi connectivity index (χ3n) is 6.82. The van der Waals surface area contributed by atoms with Gasteiger partial charge in [0.1, 0.15) is 12.4 Å².